The van der Waals surface area contributed by atoms with Crippen molar-refractivity contribution in [3.8, 4) is 6.07 Å². The summed E-state index contributed by atoms with van der Waals surface area (Å²) in [5, 5.41) is 16.6. The van der Waals surface area contributed by atoms with Gasteiger partial charge in [0.1, 0.15) is 6.07 Å². The SMILES string of the molecule is COCCn1cc(Nc2c(C)cccc2C#N)cn1. The zero-order valence-electron chi connectivity index (χ0n) is 11.1. The predicted molar refractivity (Wildman–Crippen MR) is 73.3 cm³/mol. The van der Waals surface area contributed by atoms with Gasteiger partial charge in [0.05, 0.1) is 36.3 Å². The van der Waals surface area contributed by atoms with Crippen molar-refractivity contribution in [3.05, 3.63) is 41.7 Å². The average Bonchev–Trinajstić information content (AvgIpc) is 2.86. The van der Waals surface area contributed by atoms with Crippen LogP contribution in [-0.2, 0) is 11.3 Å². The average molecular weight is 256 g/mol. The van der Waals surface area contributed by atoms with Gasteiger partial charge in [0.2, 0.25) is 0 Å². The smallest absolute Gasteiger partial charge is 0.101 e. The molecule has 0 aliphatic carbocycles. The number of aryl methyl sites for hydroxylation is 1. The first-order chi connectivity index (χ1) is 9.24. The maximum atomic E-state index is 9.11. The largest absolute Gasteiger partial charge is 0.383 e. The van der Waals surface area contributed by atoms with Crippen molar-refractivity contribution in [2.24, 2.45) is 0 Å². The molecule has 5 nitrogen and oxygen atoms in total. The number of nitriles is 1. The molecule has 1 aromatic heterocycles. The number of hydrogen-bond acceptors (Lipinski definition) is 4. The molecule has 98 valence electrons. The summed E-state index contributed by atoms with van der Waals surface area (Å²) in [6.45, 7) is 3.30. The van der Waals surface area contributed by atoms with Crippen molar-refractivity contribution in [1.82, 2.24) is 9.78 Å². The van der Waals surface area contributed by atoms with E-state index in [0.29, 0.717) is 18.7 Å². The number of aromatic nitrogens is 2. The lowest BCUT2D eigenvalue weighted by molar-refractivity contribution is 0.183. The van der Waals surface area contributed by atoms with E-state index < -0.39 is 0 Å². The first kappa shape index (κ1) is 13.1. The van der Waals surface area contributed by atoms with Crippen LogP contribution in [0.2, 0.25) is 0 Å². The van der Waals surface area contributed by atoms with Crippen molar-refractivity contribution in [2.75, 3.05) is 19.0 Å². The third kappa shape index (κ3) is 3.12. The van der Waals surface area contributed by atoms with Crippen LogP contribution in [-0.4, -0.2) is 23.5 Å². The molecule has 2 rings (SSSR count). The molecule has 5 heteroatoms. The minimum Gasteiger partial charge on any atom is -0.383 e. The van der Waals surface area contributed by atoms with E-state index in [1.807, 2.05) is 25.3 Å². The number of nitrogens with zero attached hydrogens (tertiary/aromatic N) is 3. The van der Waals surface area contributed by atoms with Crippen molar-refractivity contribution in [3.63, 3.8) is 0 Å². The van der Waals surface area contributed by atoms with Gasteiger partial charge in [-0.1, -0.05) is 12.1 Å². The second kappa shape index (κ2) is 6.03. The van der Waals surface area contributed by atoms with Crippen LogP contribution in [0.25, 0.3) is 0 Å². The van der Waals surface area contributed by atoms with E-state index in [4.69, 9.17) is 10.00 Å². The molecule has 0 aliphatic heterocycles. The first-order valence-electron chi connectivity index (χ1n) is 6.02. The van der Waals surface area contributed by atoms with Crippen molar-refractivity contribution < 1.29 is 4.74 Å². The summed E-state index contributed by atoms with van der Waals surface area (Å²) >= 11 is 0. The zero-order chi connectivity index (χ0) is 13.7. The van der Waals surface area contributed by atoms with Crippen molar-refractivity contribution in [2.45, 2.75) is 13.5 Å². The Labute approximate surface area is 112 Å². The van der Waals surface area contributed by atoms with Gasteiger partial charge in [0.15, 0.2) is 0 Å². The molecule has 0 radical (unpaired) electrons. The normalized spacial score (nSPS) is 10.2. The number of rotatable bonds is 5. The van der Waals surface area contributed by atoms with Gasteiger partial charge in [0.25, 0.3) is 0 Å². The summed E-state index contributed by atoms with van der Waals surface area (Å²) in [6.07, 6.45) is 3.63. The molecule has 1 heterocycles. The Morgan fingerprint density at radius 1 is 1.47 bits per heavy atom. The standard InChI is InChI=1S/C14H16N4O/c1-11-4-3-5-12(8-15)14(11)17-13-9-16-18(10-13)6-7-19-2/h3-5,9-10,17H,6-7H2,1-2H3. The topological polar surface area (TPSA) is 62.9 Å². The minimum atomic E-state index is 0.620. The quantitative estimate of drug-likeness (QED) is 0.892. The maximum absolute atomic E-state index is 9.11. The number of ether oxygens (including phenoxy) is 1. The fraction of sp³-hybridized carbons (Fsp3) is 0.286. The van der Waals surface area contributed by atoms with Crippen LogP contribution >= 0.6 is 0 Å². The molecule has 0 aliphatic rings. The highest BCUT2D eigenvalue weighted by Crippen LogP contribution is 2.23. The van der Waals surface area contributed by atoms with Crippen LogP contribution in [0, 0.1) is 18.3 Å². The van der Waals surface area contributed by atoms with E-state index in [1.165, 1.54) is 0 Å². The Morgan fingerprint density at radius 2 is 2.32 bits per heavy atom. The summed E-state index contributed by atoms with van der Waals surface area (Å²) in [5.74, 6) is 0. The van der Waals surface area contributed by atoms with E-state index in [9.17, 15) is 0 Å². The Hall–Kier alpha value is -2.32. The van der Waals surface area contributed by atoms with Crippen LogP contribution in [0.3, 0.4) is 0 Å². The van der Waals surface area contributed by atoms with E-state index in [2.05, 4.69) is 16.5 Å². The fourth-order valence-corrected chi connectivity index (χ4v) is 1.81. The number of anilines is 2. The molecule has 0 unspecified atom stereocenters. The minimum absolute atomic E-state index is 0.620. The van der Waals surface area contributed by atoms with Gasteiger partial charge < -0.3 is 10.1 Å². The van der Waals surface area contributed by atoms with Gasteiger partial charge in [-0.3, -0.25) is 4.68 Å². The molecule has 0 saturated carbocycles. The number of hydrogen-bond donors (Lipinski definition) is 1. The molecule has 0 spiro atoms. The molecular weight excluding hydrogens is 240 g/mol. The highest BCUT2D eigenvalue weighted by Gasteiger charge is 2.06. The van der Waals surface area contributed by atoms with Gasteiger partial charge in [-0.15, -0.1) is 0 Å². The van der Waals surface area contributed by atoms with Gasteiger partial charge in [-0.25, -0.2) is 0 Å². The molecule has 1 N–H and O–H groups in total. The number of benzene rings is 1. The van der Waals surface area contributed by atoms with Crippen LogP contribution in [0.15, 0.2) is 30.6 Å². The fourth-order valence-electron chi connectivity index (χ4n) is 1.81. The van der Waals surface area contributed by atoms with E-state index in [0.717, 1.165) is 16.9 Å². The molecule has 0 atom stereocenters. The highest BCUT2D eigenvalue weighted by atomic mass is 16.5. The summed E-state index contributed by atoms with van der Waals surface area (Å²) in [7, 11) is 1.66. The summed E-state index contributed by atoms with van der Waals surface area (Å²) < 4.78 is 6.81. The molecule has 0 amide bonds. The van der Waals surface area contributed by atoms with Crippen LogP contribution in [0.1, 0.15) is 11.1 Å². The lowest BCUT2D eigenvalue weighted by Gasteiger charge is -2.09. The molecule has 19 heavy (non-hydrogen) atoms. The second-order valence-electron chi connectivity index (χ2n) is 4.22. The number of nitrogens with one attached hydrogen (secondary N) is 1. The lowest BCUT2D eigenvalue weighted by Crippen LogP contribution is -2.04. The van der Waals surface area contributed by atoms with Crippen LogP contribution in [0.4, 0.5) is 11.4 Å². The van der Waals surface area contributed by atoms with E-state index in [-0.39, 0.29) is 0 Å². The monoisotopic (exact) mass is 256 g/mol. The Bertz CT molecular complexity index is 598. The number of methoxy groups -OCH3 is 1. The van der Waals surface area contributed by atoms with Gasteiger partial charge in [0, 0.05) is 13.3 Å². The molecule has 0 saturated heterocycles. The molecular formula is C14H16N4O. The maximum Gasteiger partial charge on any atom is 0.101 e. The summed E-state index contributed by atoms with van der Waals surface area (Å²) in [4.78, 5) is 0. The zero-order valence-corrected chi connectivity index (χ0v) is 11.1. The van der Waals surface area contributed by atoms with Crippen molar-refractivity contribution in [1.29, 1.82) is 5.26 Å². The molecule has 0 bridgehead atoms. The first-order valence-corrected chi connectivity index (χ1v) is 6.02. The third-order valence-corrected chi connectivity index (χ3v) is 2.82. The lowest BCUT2D eigenvalue weighted by atomic mass is 10.1. The van der Waals surface area contributed by atoms with Crippen molar-refractivity contribution >= 4 is 11.4 Å². The predicted octanol–water partition coefficient (Wildman–Crippen LogP) is 2.45. The summed E-state index contributed by atoms with van der Waals surface area (Å²) in [6, 6.07) is 7.83. The molecule has 0 fully saturated rings. The molecule has 1 aromatic carbocycles. The molecule has 2 aromatic rings. The second-order valence-corrected chi connectivity index (χ2v) is 4.22. The Balaban J connectivity index is 2.17. The van der Waals surface area contributed by atoms with Crippen LogP contribution < -0.4 is 5.32 Å². The van der Waals surface area contributed by atoms with E-state index >= 15 is 0 Å². The number of para-hydroxylation sites is 1. The summed E-state index contributed by atoms with van der Waals surface area (Å²) in [5.41, 5.74) is 3.35. The Kier molecular flexibility index (Phi) is 4.16. The highest BCUT2D eigenvalue weighted by molar-refractivity contribution is 5.69. The van der Waals surface area contributed by atoms with E-state index in [1.54, 1.807) is 24.1 Å². The van der Waals surface area contributed by atoms with Crippen LogP contribution in [0.5, 0.6) is 0 Å². The third-order valence-electron chi connectivity index (χ3n) is 2.82. The Morgan fingerprint density at radius 3 is 3.05 bits per heavy atom. The van der Waals surface area contributed by atoms with Gasteiger partial charge in [-0.2, -0.15) is 10.4 Å². The van der Waals surface area contributed by atoms with Gasteiger partial charge >= 0.3 is 0 Å². The van der Waals surface area contributed by atoms with Gasteiger partial charge in [-0.05, 0) is 18.6 Å².